The molecule has 0 saturated carbocycles. The van der Waals surface area contributed by atoms with Crippen LogP contribution in [-0.2, 0) is 0 Å². The topological polar surface area (TPSA) is 25.2 Å². The first-order valence-electron chi connectivity index (χ1n) is 5.65. The van der Waals surface area contributed by atoms with Gasteiger partial charge in [-0.2, -0.15) is 0 Å². The fourth-order valence-electron chi connectivity index (χ4n) is 1.79. The van der Waals surface area contributed by atoms with Gasteiger partial charge < -0.3 is 9.73 Å². The van der Waals surface area contributed by atoms with Crippen molar-refractivity contribution in [3.63, 3.8) is 0 Å². The molecule has 0 spiro atoms. The minimum absolute atomic E-state index is 0.396. The van der Waals surface area contributed by atoms with Crippen LogP contribution < -0.4 is 5.32 Å². The lowest BCUT2D eigenvalue weighted by molar-refractivity contribution is 0.336. The van der Waals surface area contributed by atoms with E-state index in [1.54, 1.807) is 6.26 Å². The summed E-state index contributed by atoms with van der Waals surface area (Å²) in [5.74, 6) is 1.03. The van der Waals surface area contributed by atoms with Gasteiger partial charge in [0, 0.05) is 11.6 Å². The Morgan fingerprint density at radius 1 is 1.40 bits per heavy atom. The SMILES string of the molecule is CNC(CCC(C)(C)C)c1ccoc1C. The van der Waals surface area contributed by atoms with Gasteiger partial charge in [-0.05, 0) is 38.3 Å². The molecule has 1 rings (SSSR count). The molecule has 1 unspecified atom stereocenters. The molecule has 0 radical (unpaired) electrons. The van der Waals surface area contributed by atoms with Crippen molar-refractivity contribution >= 4 is 0 Å². The number of hydrogen-bond acceptors (Lipinski definition) is 2. The summed E-state index contributed by atoms with van der Waals surface area (Å²) in [6.07, 6.45) is 4.13. The third kappa shape index (κ3) is 3.71. The zero-order valence-corrected chi connectivity index (χ0v) is 10.6. The highest BCUT2D eigenvalue weighted by molar-refractivity contribution is 5.20. The van der Waals surface area contributed by atoms with Crippen molar-refractivity contribution in [3.8, 4) is 0 Å². The van der Waals surface area contributed by atoms with E-state index in [1.165, 1.54) is 12.0 Å². The standard InChI is InChI=1S/C13H23NO/c1-10-11(7-9-15-10)12(14-5)6-8-13(2,3)4/h7,9,12,14H,6,8H2,1-5H3. The van der Waals surface area contributed by atoms with E-state index in [9.17, 15) is 0 Å². The van der Waals surface area contributed by atoms with Crippen LogP contribution in [0, 0.1) is 12.3 Å². The highest BCUT2D eigenvalue weighted by Gasteiger charge is 2.17. The molecule has 0 amide bonds. The summed E-state index contributed by atoms with van der Waals surface area (Å²) in [6, 6.07) is 2.49. The molecule has 1 aromatic heterocycles. The molecule has 86 valence electrons. The predicted molar refractivity (Wildman–Crippen MR) is 63.9 cm³/mol. The van der Waals surface area contributed by atoms with Gasteiger partial charge in [-0.15, -0.1) is 0 Å². The Morgan fingerprint density at radius 2 is 2.07 bits per heavy atom. The maximum absolute atomic E-state index is 5.34. The number of rotatable bonds is 4. The van der Waals surface area contributed by atoms with Gasteiger partial charge >= 0.3 is 0 Å². The van der Waals surface area contributed by atoms with E-state index in [2.05, 4.69) is 32.2 Å². The Hall–Kier alpha value is -0.760. The minimum Gasteiger partial charge on any atom is -0.469 e. The van der Waals surface area contributed by atoms with Gasteiger partial charge in [-0.3, -0.25) is 0 Å². The summed E-state index contributed by atoms with van der Waals surface area (Å²) in [6.45, 7) is 8.86. The Morgan fingerprint density at radius 3 is 2.47 bits per heavy atom. The summed E-state index contributed by atoms with van der Waals surface area (Å²) < 4.78 is 5.34. The monoisotopic (exact) mass is 209 g/mol. The van der Waals surface area contributed by atoms with Crippen LogP contribution in [0.3, 0.4) is 0 Å². The van der Waals surface area contributed by atoms with Gasteiger partial charge in [0.15, 0.2) is 0 Å². The number of hydrogen-bond donors (Lipinski definition) is 1. The van der Waals surface area contributed by atoms with E-state index in [1.807, 2.05) is 14.0 Å². The van der Waals surface area contributed by atoms with Crippen LogP contribution in [0.15, 0.2) is 16.7 Å². The molecule has 1 heterocycles. The Balaban J connectivity index is 2.61. The maximum Gasteiger partial charge on any atom is 0.105 e. The van der Waals surface area contributed by atoms with Crippen molar-refractivity contribution in [2.45, 2.75) is 46.6 Å². The molecule has 0 aliphatic heterocycles. The fourth-order valence-corrected chi connectivity index (χ4v) is 1.79. The van der Waals surface area contributed by atoms with Crippen LogP contribution in [0.2, 0.25) is 0 Å². The van der Waals surface area contributed by atoms with E-state index in [0.717, 1.165) is 12.2 Å². The molecule has 1 aromatic rings. The highest BCUT2D eigenvalue weighted by atomic mass is 16.3. The van der Waals surface area contributed by atoms with Gasteiger partial charge in [-0.25, -0.2) is 0 Å². The normalized spacial score (nSPS) is 14.2. The van der Waals surface area contributed by atoms with E-state index in [0.29, 0.717) is 11.5 Å². The smallest absolute Gasteiger partial charge is 0.105 e. The maximum atomic E-state index is 5.34. The second-order valence-electron chi connectivity index (χ2n) is 5.37. The first-order chi connectivity index (χ1) is 6.94. The molecule has 1 N–H and O–H groups in total. The van der Waals surface area contributed by atoms with Gasteiger partial charge in [-0.1, -0.05) is 20.8 Å². The molecular weight excluding hydrogens is 186 g/mol. The highest BCUT2D eigenvalue weighted by Crippen LogP contribution is 2.28. The minimum atomic E-state index is 0.396. The van der Waals surface area contributed by atoms with E-state index in [-0.39, 0.29) is 0 Å². The summed E-state index contributed by atoms with van der Waals surface area (Å²) in [7, 11) is 2.01. The van der Waals surface area contributed by atoms with E-state index in [4.69, 9.17) is 4.42 Å². The van der Waals surface area contributed by atoms with Crippen LogP contribution in [0.4, 0.5) is 0 Å². The summed E-state index contributed by atoms with van der Waals surface area (Å²) in [4.78, 5) is 0. The number of nitrogens with one attached hydrogen (secondary N) is 1. The zero-order chi connectivity index (χ0) is 11.5. The van der Waals surface area contributed by atoms with Crippen molar-refractivity contribution in [2.75, 3.05) is 7.05 Å². The predicted octanol–water partition coefficient (Wildman–Crippen LogP) is 3.67. The van der Waals surface area contributed by atoms with Crippen molar-refractivity contribution in [3.05, 3.63) is 23.7 Å². The number of furan rings is 1. The first kappa shape index (κ1) is 12.3. The number of aryl methyl sites for hydroxylation is 1. The van der Waals surface area contributed by atoms with Crippen LogP contribution in [0.25, 0.3) is 0 Å². The Bertz CT molecular complexity index is 296. The molecule has 15 heavy (non-hydrogen) atoms. The quantitative estimate of drug-likeness (QED) is 0.818. The molecule has 0 fully saturated rings. The van der Waals surface area contributed by atoms with Crippen molar-refractivity contribution in [1.82, 2.24) is 5.32 Å². The first-order valence-corrected chi connectivity index (χ1v) is 5.65. The van der Waals surface area contributed by atoms with Crippen LogP contribution in [0.1, 0.15) is 51.0 Å². The summed E-state index contributed by atoms with van der Waals surface area (Å²) in [5.41, 5.74) is 1.69. The van der Waals surface area contributed by atoms with Crippen LogP contribution in [0.5, 0.6) is 0 Å². The molecule has 1 atom stereocenters. The Labute approximate surface area is 93.1 Å². The Kier molecular flexibility index (Phi) is 3.97. The lowest BCUT2D eigenvalue weighted by Gasteiger charge is -2.22. The van der Waals surface area contributed by atoms with E-state index < -0.39 is 0 Å². The van der Waals surface area contributed by atoms with Crippen molar-refractivity contribution in [1.29, 1.82) is 0 Å². The molecule has 0 aliphatic carbocycles. The third-order valence-corrected chi connectivity index (χ3v) is 2.81. The molecule has 0 aromatic carbocycles. The van der Waals surface area contributed by atoms with Gasteiger partial charge in [0.05, 0.1) is 6.26 Å². The van der Waals surface area contributed by atoms with Gasteiger partial charge in [0.2, 0.25) is 0 Å². The molecule has 2 nitrogen and oxygen atoms in total. The van der Waals surface area contributed by atoms with Gasteiger partial charge in [0.1, 0.15) is 5.76 Å². The lowest BCUT2D eigenvalue weighted by Crippen LogP contribution is -2.19. The largest absolute Gasteiger partial charge is 0.469 e. The second-order valence-corrected chi connectivity index (χ2v) is 5.37. The fraction of sp³-hybridized carbons (Fsp3) is 0.692. The molecule has 2 heteroatoms. The third-order valence-electron chi connectivity index (χ3n) is 2.81. The van der Waals surface area contributed by atoms with Crippen LogP contribution in [-0.4, -0.2) is 7.05 Å². The van der Waals surface area contributed by atoms with E-state index >= 15 is 0 Å². The molecule has 0 saturated heterocycles. The average Bonchev–Trinajstić information content (AvgIpc) is 2.52. The summed E-state index contributed by atoms with van der Waals surface area (Å²) in [5, 5.41) is 3.36. The zero-order valence-electron chi connectivity index (χ0n) is 10.6. The van der Waals surface area contributed by atoms with Gasteiger partial charge in [0.25, 0.3) is 0 Å². The van der Waals surface area contributed by atoms with Crippen LogP contribution >= 0.6 is 0 Å². The summed E-state index contributed by atoms with van der Waals surface area (Å²) >= 11 is 0. The molecular formula is C13H23NO. The molecule has 0 aliphatic rings. The second kappa shape index (κ2) is 4.84. The lowest BCUT2D eigenvalue weighted by atomic mass is 9.87. The molecule has 0 bridgehead atoms. The average molecular weight is 209 g/mol. The van der Waals surface area contributed by atoms with Crippen molar-refractivity contribution in [2.24, 2.45) is 5.41 Å². The van der Waals surface area contributed by atoms with Crippen molar-refractivity contribution < 1.29 is 4.42 Å².